The smallest absolute Gasteiger partial charge is 0.0623 e. The van der Waals surface area contributed by atoms with Gasteiger partial charge in [-0.1, -0.05) is 101 Å². The van der Waals surface area contributed by atoms with Crippen molar-refractivity contribution in [2.45, 2.75) is 65.2 Å². The van der Waals surface area contributed by atoms with E-state index in [1.54, 1.807) is 0 Å². The van der Waals surface area contributed by atoms with Crippen molar-refractivity contribution < 1.29 is 49.0 Å². The van der Waals surface area contributed by atoms with Gasteiger partial charge in [-0.2, -0.15) is 47.5 Å². The third kappa shape index (κ3) is 10.3. The minimum atomic E-state index is 0. The van der Waals surface area contributed by atoms with E-state index in [0.29, 0.717) is 0 Å². The maximum atomic E-state index is 3.67. The van der Waals surface area contributed by atoms with Gasteiger partial charge in [0.25, 0.3) is 0 Å². The molecule has 0 nitrogen and oxygen atoms in total. The molecule has 3 heteroatoms. The molecular weight excluding hydrogens is 643 g/mol. The molecule has 0 heterocycles. The summed E-state index contributed by atoms with van der Waals surface area (Å²) in [6.07, 6.45) is 2.15. The molecule has 0 atom stereocenters. The molecule has 0 saturated heterocycles. The Morgan fingerprint density at radius 1 is 0.721 bits per heavy atom. The zero-order chi connectivity index (χ0) is 29.5. The van der Waals surface area contributed by atoms with E-state index in [4.69, 9.17) is 0 Å². The van der Waals surface area contributed by atoms with E-state index in [0.717, 1.165) is 12.8 Å². The molecule has 0 unspecified atom stereocenters. The van der Waals surface area contributed by atoms with Crippen molar-refractivity contribution in [2.24, 2.45) is 0 Å². The van der Waals surface area contributed by atoms with Gasteiger partial charge in [-0.05, 0) is 28.4 Å². The van der Waals surface area contributed by atoms with Gasteiger partial charge in [0.2, 0.25) is 0 Å². The Balaban J connectivity index is 0.000000247. The Morgan fingerprint density at radius 2 is 1.35 bits per heavy atom. The molecule has 6 rings (SSSR count). The van der Waals surface area contributed by atoms with Gasteiger partial charge >= 0.3 is 70.3 Å². The number of fused-ring (bicyclic) bond motifs is 3. The molecule has 0 aromatic heterocycles. The van der Waals surface area contributed by atoms with Gasteiger partial charge in [-0.15, -0.1) is 11.1 Å². The second-order valence-electron chi connectivity index (χ2n) is 12.7. The van der Waals surface area contributed by atoms with Crippen LogP contribution in [0, 0.1) is 6.07 Å². The zero-order valence-corrected chi connectivity index (χ0v) is 30.2. The topological polar surface area (TPSA) is 0 Å². The van der Waals surface area contributed by atoms with Gasteiger partial charge in [0.15, 0.2) is 0 Å². The van der Waals surface area contributed by atoms with E-state index in [-0.39, 0.29) is 35.6 Å². The molecule has 0 amide bonds. The van der Waals surface area contributed by atoms with Crippen LogP contribution in [0.3, 0.4) is 0 Å². The number of hydrogen-bond acceptors (Lipinski definition) is 0. The SMILES string of the molecule is CC(C)(C)c1[c-]c2c(cc1)-c1ccc(C(C)(C)C)cc1C2.[Cl-].[Cl-].[Zr+2]=[CH]Cc1ccccc1.c1ccc(-c2cc[cH-]c2)cc1. The first-order valence-corrected chi connectivity index (χ1v) is 16.0. The number of benzene rings is 4. The summed E-state index contributed by atoms with van der Waals surface area (Å²) in [6.45, 7) is 13.6. The predicted octanol–water partition coefficient (Wildman–Crippen LogP) is 4.31. The molecule has 1 aliphatic carbocycles. The van der Waals surface area contributed by atoms with E-state index in [2.05, 4.69) is 154 Å². The minimum absolute atomic E-state index is 0. The Labute approximate surface area is 287 Å². The summed E-state index contributed by atoms with van der Waals surface area (Å²) in [5.74, 6) is 0. The van der Waals surface area contributed by atoms with Gasteiger partial charge in [0.05, 0.1) is 0 Å². The monoisotopic (exact) mass is 682 g/mol. The van der Waals surface area contributed by atoms with Gasteiger partial charge < -0.3 is 24.8 Å². The molecule has 0 N–H and O–H groups in total. The normalized spacial score (nSPS) is 11.3. The van der Waals surface area contributed by atoms with Gasteiger partial charge in [0.1, 0.15) is 0 Å². The molecule has 5 aromatic carbocycles. The average Bonchev–Trinajstić information content (AvgIpc) is 3.62. The Bertz CT molecular complexity index is 1480. The molecule has 0 saturated carbocycles. The van der Waals surface area contributed by atoms with E-state index in [9.17, 15) is 0 Å². The largest absolute Gasteiger partial charge is 0.206 e. The van der Waals surface area contributed by atoms with Crippen molar-refractivity contribution in [2.75, 3.05) is 0 Å². The zero-order valence-electron chi connectivity index (χ0n) is 26.2. The van der Waals surface area contributed by atoms with Crippen LogP contribution in [0.15, 0.2) is 115 Å². The standard InChI is InChI=1S/C21H25.C11H9.C8H8.2ClH.Zr/c1-20(2,3)16-7-9-18-14(12-16)11-15-13-17(21(4,5)6)8-10-19(15)18;1-2-6-10(7-3-1)11-8-4-5-9-11;1-2-8-6-4-3-5-7-8;;;/h7-10,12H,11H2,1-6H3;1-9H;1,3-7H,2H2;2*1H;/q2*-1;;;;+2/p-2. The van der Waals surface area contributed by atoms with Crippen molar-refractivity contribution in [3.8, 4) is 22.3 Å². The fraction of sp³-hybridized carbons (Fsp3) is 0.250. The van der Waals surface area contributed by atoms with Crippen LogP contribution in [0.5, 0.6) is 0 Å². The molecule has 5 aromatic rings. The van der Waals surface area contributed by atoms with Crippen molar-refractivity contribution >= 4 is 3.71 Å². The van der Waals surface area contributed by atoms with Gasteiger partial charge in [-0.3, -0.25) is 0 Å². The molecule has 0 radical (unpaired) electrons. The molecular formula is C40H42Cl2Zr-2. The van der Waals surface area contributed by atoms with Crippen LogP contribution < -0.4 is 24.8 Å². The van der Waals surface area contributed by atoms with Crippen LogP contribution >= 0.6 is 0 Å². The van der Waals surface area contributed by atoms with Gasteiger partial charge in [0, 0.05) is 0 Å². The summed E-state index contributed by atoms with van der Waals surface area (Å²) in [6, 6.07) is 44.4. The first-order valence-electron chi connectivity index (χ1n) is 14.6. The quantitative estimate of drug-likeness (QED) is 0.244. The second-order valence-corrected chi connectivity index (χ2v) is 13.7. The summed E-state index contributed by atoms with van der Waals surface area (Å²) in [7, 11) is 0. The molecule has 0 bridgehead atoms. The Morgan fingerprint density at radius 3 is 1.91 bits per heavy atom. The van der Waals surface area contributed by atoms with Crippen molar-refractivity contribution in [1.29, 1.82) is 0 Å². The van der Waals surface area contributed by atoms with Crippen LogP contribution in [0.1, 0.15) is 69.4 Å². The fourth-order valence-corrected chi connectivity index (χ4v) is 5.54. The Hall–Kier alpha value is -2.44. The molecule has 43 heavy (non-hydrogen) atoms. The molecule has 0 aliphatic heterocycles. The molecule has 222 valence electrons. The van der Waals surface area contributed by atoms with Gasteiger partial charge in [-0.25, -0.2) is 6.07 Å². The third-order valence-corrected chi connectivity index (χ3v) is 7.92. The van der Waals surface area contributed by atoms with Crippen LogP contribution in [-0.2, 0) is 47.9 Å². The summed E-state index contributed by atoms with van der Waals surface area (Å²) < 4.78 is 2.25. The van der Waals surface area contributed by atoms with Crippen molar-refractivity contribution in [3.05, 3.63) is 149 Å². The van der Waals surface area contributed by atoms with Crippen LogP contribution in [0.25, 0.3) is 22.3 Å². The number of rotatable bonds is 3. The molecule has 0 fully saturated rings. The number of hydrogen-bond donors (Lipinski definition) is 0. The molecule has 0 spiro atoms. The van der Waals surface area contributed by atoms with E-state index in [1.807, 2.05) is 12.1 Å². The first-order chi connectivity index (χ1) is 19.6. The fourth-order valence-electron chi connectivity index (χ4n) is 4.96. The summed E-state index contributed by atoms with van der Waals surface area (Å²) in [5.41, 5.74) is 12.7. The number of halogens is 2. The van der Waals surface area contributed by atoms with Crippen LogP contribution in [-0.4, -0.2) is 3.71 Å². The van der Waals surface area contributed by atoms with E-state index >= 15 is 0 Å². The summed E-state index contributed by atoms with van der Waals surface area (Å²) in [4.78, 5) is 0. The first kappa shape index (κ1) is 36.8. The van der Waals surface area contributed by atoms with Crippen LogP contribution in [0.2, 0.25) is 0 Å². The molecule has 1 aliphatic rings. The Kier molecular flexibility index (Phi) is 14.2. The second kappa shape index (κ2) is 16.6. The van der Waals surface area contributed by atoms with Crippen LogP contribution in [0.4, 0.5) is 0 Å². The van der Waals surface area contributed by atoms with Crippen molar-refractivity contribution in [1.82, 2.24) is 0 Å². The predicted molar refractivity (Wildman–Crippen MR) is 175 cm³/mol. The minimum Gasteiger partial charge on any atom is -0.206 e. The van der Waals surface area contributed by atoms with Crippen molar-refractivity contribution in [3.63, 3.8) is 0 Å². The maximum absolute atomic E-state index is 3.67. The summed E-state index contributed by atoms with van der Waals surface area (Å²) in [5, 5.41) is 0. The third-order valence-electron chi connectivity index (χ3n) is 7.41. The van der Waals surface area contributed by atoms with E-state index < -0.39 is 0 Å². The maximum Gasteiger partial charge on any atom is -0.0623 e. The van der Waals surface area contributed by atoms with E-state index in [1.165, 1.54) is 74.3 Å². The summed E-state index contributed by atoms with van der Waals surface area (Å²) >= 11 is 1.51. The average molecular weight is 685 g/mol.